The summed E-state index contributed by atoms with van der Waals surface area (Å²) in [7, 11) is 2.17. The van der Waals surface area contributed by atoms with Gasteiger partial charge < -0.3 is 10.6 Å². The molecule has 0 amide bonds. The predicted octanol–water partition coefficient (Wildman–Crippen LogP) is 3.37. The first-order valence-corrected chi connectivity index (χ1v) is 7.49. The Balaban J connectivity index is 2.29. The maximum Gasteiger partial charge on any atom is 0.150 e. The molecule has 1 fully saturated rings. The fourth-order valence-corrected chi connectivity index (χ4v) is 3.19. The van der Waals surface area contributed by atoms with Crippen LogP contribution in [0.3, 0.4) is 0 Å². The smallest absolute Gasteiger partial charge is 0.150 e. The van der Waals surface area contributed by atoms with Crippen LogP contribution >= 0.6 is 0 Å². The lowest BCUT2D eigenvalue weighted by molar-refractivity contribution is 0.332. The molecule has 108 valence electrons. The van der Waals surface area contributed by atoms with Crippen LogP contribution in [0, 0.1) is 12.8 Å². The molecule has 19 heavy (non-hydrogen) atoms. The summed E-state index contributed by atoms with van der Waals surface area (Å²) in [5.74, 6) is 1.92. The second-order valence-electron chi connectivity index (χ2n) is 6.40. The molecule has 1 aromatic heterocycles. The summed E-state index contributed by atoms with van der Waals surface area (Å²) in [6.45, 7) is 8.67. The molecule has 0 radical (unpaired) electrons. The third-order valence-electron chi connectivity index (χ3n) is 4.39. The Kier molecular flexibility index (Phi) is 4.07. The highest BCUT2D eigenvalue weighted by molar-refractivity contribution is 5.66. The fourth-order valence-electron chi connectivity index (χ4n) is 3.19. The molecule has 4 nitrogen and oxygen atoms in total. The van der Waals surface area contributed by atoms with Crippen molar-refractivity contribution in [3.05, 3.63) is 5.69 Å². The Hall–Kier alpha value is -1.19. The lowest BCUT2D eigenvalue weighted by atomic mass is 9.86. The third-order valence-corrected chi connectivity index (χ3v) is 4.39. The number of hydrogen-bond donors (Lipinski definition) is 1. The van der Waals surface area contributed by atoms with Gasteiger partial charge in [-0.05, 0) is 39.5 Å². The van der Waals surface area contributed by atoms with E-state index in [0.717, 1.165) is 23.1 Å². The number of anilines is 2. The molecule has 1 heterocycles. The molecule has 0 spiro atoms. The van der Waals surface area contributed by atoms with Crippen molar-refractivity contribution in [1.82, 2.24) is 9.78 Å². The van der Waals surface area contributed by atoms with E-state index in [4.69, 9.17) is 5.73 Å². The lowest BCUT2D eigenvalue weighted by Gasteiger charge is -2.36. The molecular weight excluding hydrogens is 236 g/mol. The van der Waals surface area contributed by atoms with Crippen LogP contribution in [0.1, 0.15) is 58.2 Å². The number of aromatic nitrogens is 2. The van der Waals surface area contributed by atoms with Gasteiger partial charge in [0.25, 0.3) is 0 Å². The maximum absolute atomic E-state index is 6.26. The van der Waals surface area contributed by atoms with Crippen molar-refractivity contribution in [3.8, 4) is 0 Å². The van der Waals surface area contributed by atoms with Gasteiger partial charge in [-0.2, -0.15) is 5.10 Å². The molecule has 1 saturated carbocycles. The normalized spacial score (nSPS) is 23.9. The topological polar surface area (TPSA) is 47.1 Å². The second kappa shape index (κ2) is 5.43. The van der Waals surface area contributed by atoms with Crippen LogP contribution < -0.4 is 10.6 Å². The van der Waals surface area contributed by atoms with Crippen LogP contribution in [-0.4, -0.2) is 22.9 Å². The summed E-state index contributed by atoms with van der Waals surface area (Å²) in [5.41, 5.74) is 8.04. The molecule has 0 bridgehead atoms. The summed E-state index contributed by atoms with van der Waals surface area (Å²) >= 11 is 0. The number of nitrogens with two attached hydrogens (primary N) is 1. The Morgan fingerprint density at radius 3 is 2.63 bits per heavy atom. The van der Waals surface area contributed by atoms with E-state index in [9.17, 15) is 0 Å². The molecule has 2 N–H and O–H groups in total. The van der Waals surface area contributed by atoms with Crippen molar-refractivity contribution in [3.63, 3.8) is 0 Å². The van der Waals surface area contributed by atoms with Gasteiger partial charge in [-0.3, -0.25) is 0 Å². The van der Waals surface area contributed by atoms with Crippen LogP contribution in [0.5, 0.6) is 0 Å². The first kappa shape index (κ1) is 14.2. The molecule has 1 aromatic rings. The van der Waals surface area contributed by atoms with Crippen molar-refractivity contribution in [2.24, 2.45) is 5.92 Å². The average Bonchev–Trinajstić information content (AvgIpc) is 2.65. The molecule has 2 rings (SSSR count). The molecule has 4 heteroatoms. The van der Waals surface area contributed by atoms with Crippen molar-refractivity contribution in [2.75, 3.05) is 17.7 Å². The van der Waals surface area contributed by atoms with Gasteiger partial charge in [0.15, 0.2) is 5.82 Å². The Morgan fingerprint density at radius 2 is 2.05 bits per heavy atom. The quantitative estimate of drug-likeness (QED) is 0.910. The van der Waals surface area contributed by atoms with Crippen LogP contribution in [0.15, 0.2) is 0 Å². The summed E-state index contributed by atoms with van der Waals surface area (Å²) in [6.07, 6.45) is 5.22. The number of nitrogen functional groups attached to an aromatic ring is 1. The molecule has 0 saturated heterocycles. The summed E-state index contributed by atoms with van der Waals surface area (Å²) in [4.78, 5) is 2.37. The lowest BCUT2D eigenvalue weighted by Crippen LogP contribution is -2.37. The highest BCUT2D eigenvalue weighted by Crippen LogP contribution is 2.34. The zero-order valence-corrected chi connectivity index (χ0v) is 13.0. The van der Waals surface area contributed by atoms with Gasteiger partial charge in [0.1, 0.15) is 0 Å². The van der Waals surface area contributed by atoms with E-state index < -0.39 is 0 Å². The van der Waals surface area contributed by atoms with Crippen LogP contribution in [0.25, 0.3) is 0 Å². The minimum Gasteiger partial charge on any atom is -0.394 e. The SMILES string of the molecule is Cc1nn(C(C)C)c(N(C)C2CCCC(C)C2)c1N. The monoisotopic (exact) mass is 264 g/mol. The van der Waals surface area contributed by atoms with Crippen molar-refractivity contribution < 1.29 is 0 Å². The Labute approximate surface area is 117 Å². The van der Waals surface area contributed by atoms with E-state index in [2.05, 4.69) is 42.5 Å². The van der Waals surface area contributed by atoms with E-state index in [0.29, 0.717) is 12.1 Å². The first-order valence-electron chi connectivity index (χ1n) is 7.49. The van der Waals surface area contributed by atoms with E-state index in [1.807, 2.05) is 6.92 Å². The van der Waals surface area contributed by atoms with Gasteiger partial charge >= 0.3 is 0 Å². The van der Waals surface area contributed by atoms with E-state index in [1.165, 1.54) is 25.7 Å². The summed E-state index contributed by atoms with van der Waals surface area (Å²) < 4.78 is 2.07. The third kappa shape index (κ3) is 2.72. The number of nitrogens with zero attached hydrogens (tertiary/aromatic N) is 3. The fraction of sp³-hybridized carbons (Fsp3) is 0.800. The maximum atomic E-state index is 6.26. The highest BCUT2D eigenvalue weighted by atomic mass is 15.4. The summed E-state index contributed by atoms with van der Waals surface area (Å²) in [5, 5.41) is 4.59. The van der Waals surface area contributed by atoms with E-state index in [-0.39, 0.29) is 0 Å². The first-order chi connectivity index (χ1) is 8.91. The molecule has 0 aromatic carbocycles. The van der Waals surface area contributed by atoms with Crippen LogP contribution in [-0.2, 0) is 0 Å². The molecule has 2 atom stereocenters. The average molecular weight is 264 g/mol. The van der Waals surface area contributed by atoms with Gasteiger partial charge in [0, 0.05) is 19.1 Å². The van der Waals surface area contributed by atoms with Crippen molar-refractivity contribution >= 4 is 11.5 Å². The molecule has 2 unspecified atom stereocenters. The molecule has 1 aliphatic carbocycles. The van der Waals surface area contributed by atoms with Crippen molar-refractivity contribution in [2.45, 2.75) is 65.5 Å². The van der Waals surface area contributed by atoms with Gasteiger partial charge in [0.2, 0.25) is 0 Å². The van der Waals surface area contributed by atoms with Gasteiger partial charge in [-0.1, -0.05) is 19.8 Å². The van der Waals surface area contributed by atoms with Gasteiger partial charge in [-0.25, -0.2) is 4.68 Å². The molecule has 0 aliphatic heterocycles. The van der Waals surface area contributed by atoms with Crippen LogP contribution in [0.2, 0.25) is 0 Å². The Bertz CT molecular complexity index is 436. The van der Waals surface area contributed by atoms with Gasteiger partial charge in [-0.15, -0.1) is 0 Å². The standard InChI is InChI=1S/C15H28N4/c1-10(2)19-15(14(16)12(4)17-19)18(5)13-8-6-7-11(3)9-13/h10-11,13H,6-9,16H2,1-5H3. The number of aryl methyl sites for hydroxylation is 1. The number of hydrogen-bond acceptors (Lipinski definition) is 3. The zero-order valence-electron chi connectivity index (χ0n) is 13.0. The molecular formula is C15H28N4. The van der Waals surface area contributed by atoms with Crippen LogP contribution in [0.4, 0.5) is 11.5 Å². The number of rotatable bonds is 3. The minimum absolute atomic E-state index is 0.342. The van der Waals surface area contributed by atoms with Gasteiger partial charge in [0.05, 0.1) is 11.4 Å². The second-order valence-corrected chi connectivity index (χ2v) is 6.40. The van der Waals surface area contributed by atoms with Crippen molar-refractivity contribution in [1.29, 1.82) is 0 Å². The minimum atomic E-state index is 0.342. The van der Waals surface area contributed by atoms with E-state index in [1.54, 1.807) is 0 Å². The predicted molar refractivity (Wildman–Crippen MR) is 81.6 cm³/mol. The zero-order chi connectivity index (χ0) is 14.2. The van der Waals surface area contributed by atoms with E-state index >= 15 is 0 Å². The summed E-state index contributed by atoms with van der Waals surface area (Å²) in [6, 6.07) is 0.939. The largest absolute Gasteiger partial charge is 0.394 e. The molecule has 1 aliphatic rings. The highest BCUT2D eigenvalue weighted by Gasteiger charge is 2.27. The Morgan fingerprint density at radius 1 is 1.37 bits per heavy atom.